The number of nitrogens with zero attached hydrogens (tertiary/aromatic N) is 2. The monoisotopic (exact) mass is 196 g/mol. The maximum Gasteiger partial charge on any atom is 0.0843 e. The van der Waals surface area contributed by atoms with E-state index in [4.69, 9.17) is 11.6 Å². The van der Waals surface area contributed by atoms with Crippen LogP contribution in [0.2, 0.25) is 0 Å². The van der Waals surface area contributed by atoms with E-state index < -0.39 is 0 Å². The van der Waals surface area contributed by atoms with E-state index >= 15 is 0 Å². The number of halogens is 1. The molecule has 3 aliphatic rings. The van der Waals surface area contributed by atoms with E-state index in [0.29, 0.717) is 23.8 Å². The van der Waals surface area contributed by atoms with Crippen molar-refractivity contribution in [3.05, 3.63) is 12.2 Å². The van der Waals surface area contributed by atoms with Crippen molar-refractivity contribution in [2.75, 3.05) is 0 Å². The molecule has 0 radical (unpaired) electrons. The van der Waals surface area contributed by atoms with Crippen LogP contribution in [0.15, 0.2) is 22.4 Å². The predicted molar refractivity (Wildman–Crippen MR) is 52.0 cm³/mol. The fourth-order valence-corrected chi connectivity index (χ4v) is 3.61. The fraction of sp³-hybridized carbons (Fsp3) is 0.800. The standard InChI is InChI=1S/C10H13ClN2/c1-10(2)7-5-3-4-6(8(5)11)9(7)12-13-10/h3-9H,1-2H3. The Morgan fingerprint density at radius 2 is 1.92 bits per heavy atom. The Morgan fingerprint density at radius 3 is 2.62 bits per heavy atom. The zero-order valence-corrected chi connectivity index (χ0v) is 8.57. The van der Waals surface area contributed by atoms with Crippen molar-refractivity contribution in [3.63, 3.8) is 0 Å². The minimum absolute atomic E-state index is 0.00197. The van der Waals surface area contributed by atoms with Crippen LogP contribution in [-0.2, 0) is 0 Å². The van der Waals surface area contributed by atoms with E-state index in [1.165, 1.54) is 0 Å². The summed E-state index contributed by atoms with van der Waals surface area (Å²) in [5.74, 6) is 1.49. The smallest absolute Gasteiger partial charge is 0.0843 e. The van der Waals surface area contributed by atoms with E-state index in [9.17, 15) is 0 Å². The highest BCUT2D eigenvalue weighted by Gasteiger charge is 2.59. The van der Waals surface area contributed by atoms with Crippen LogP contribution in [0.1, 0.15) is 13.8 Å². The lowest BCUT2D eigenvalue weighted by atomic mass is 9.77. The molecule has 13 heavy (non-hydrogen) atoms. The second-order valence-corrected chi connectivity index (χ2v) is 5.37. The fourth-order valence-electron chi connectivity index (χ4n) is 3.13. The molecule has 0 aromatic heterocycles. The summed E-state index contributed by atoms with van der Waals surface area (Å²) in [4.78, 5) is 0. The van der Waals surface area contributed by atoms with Crippen molar-refractivity contribution < 1.29 is 0 Å². The second kappa shape index (κ2) is 2.17. The Labute approximate surface area is 83.1 Å². The lowest BCUT2D eigenvalue weighted by Crippen LogP contribution is -2.34. The number of azo groups is 1. The van der Waals surface area contributed by atoms with Gasteiger partial charge in [-0.15, -0.1) is 11.6 Å². The van der Waals surface area contributed by atoms with E-state index in [1.54, 1.807) is 0 Å². The van der Waals surface area contributed by atoms with Gasteiger partial charge in [0.2, 0.25) is 0 Å². The number of hydrogen-bond acceptors (Lipinski definition) is 2. The van der Waals surface area contributed by atoms with Crippen molar-refractivity contribution in [1.29, 1.82) is 0 Å². The normalized spacial score (nSPS) is 54.5. The molecule has 3 rings (SSSR count). The topological polar surface area (TPSA) is 24.7 Å². The van der Waals surface area contributed by atoms with Crippen molar-refractivity contribution in [1.82, 2.24) is 0 Å². The molecule has 0 saturated heterocycles. The molecule has 0 aromatic rings. The average molecular weight is 197 g/mol. The first-order valence-corrected chi connectivity index (χ1v) is 5.29. The van der Waals surface area contributed by atoms with Gasteiger partial charge in [-0.2, -0.15) is 10.2 Å². The summed E-state index contributed by atoms with van der Waals surface area (Å²) in [6, 6.07) is 0.368. The van der Waals surface area contributed by atoms with Crippen LogP contribution in [0.25, 0.3) is 0 Å². The third-order valence-corrected chi connectivity index (χ3v) is 4.31. The summed E-state index contributed by atoms with van der Waals surface area (Å²) in [6.45, 7) is 4.33. The van der Waals surface area contributed by atoms with Gasteiger partial charge in [-0.05, 0) is 13.8 Å². The first-order chi connectivity index (χ1) is 6.11. The number of alkyl halides is 1. The van der Waals surface area contributed by atoms with Crippen molar-refractivity contribution in [2.45, 2.75) is 30.8 Å². The maximum atomic E-state index is 6.34. The van der Waals surface area contributed by atoms with Gasteiger partial charge in [-0.1, -0.05) is 12.2 Å². The first kappa shape index (κ1) is 7.98. The summed E-state index contributed by atoms with van der Waals surface area (Å²) < 4.78 is 0. The molecule has 0 amide bonds. The Hall–Kier alpha value is -0.370. The largest absolute Gasteiger partial charge is 0.189 e. The molecule has 0 spiro atoms. The van der Waals surface area contributed by atoms with Crippen LogP contribution in [0.4, 0.5) is 0 Å². The molecule has 2 nitrogen and oxygen atoms in total. The molecule has 5 atom stereocenters. The number of fused-ring (bicyclic) bond motifs is 5. The molecule has 0 aromatic carbocycles. The Bertz CT molecular complexity index is 308. The predicted octanol–water partition coefficient (Wildman–Crippen LogP) is 2.64. The second-order valence-electron chi connectivity index (χ2n) is 4.87. The van der Waals surface area contributed by atoms with Crippen LogP contribution >= 0.6 is 11.6 Å². The Balaban J connectivity index is 2.05. The minimum atomic E-state index is 0.00197. The highest BCUT2D eigenvalue weighted by atomic mass is 35.5. The van der Waals surface area contributed by atoms with Crippen LogP contribution in [-0.4, -0.2) is 17.0 Å². The average Bonchev–Trinajstić information content (AvgIpc) is 2.65. The highest BCUT2D eigenvalue weighted by molar-refractivity contribution is 6.21. The zero-order chi connectivity index (χ0) is 9.22. The van der Waals surface area contributed by atoms with Gasteiger partial charge in [0.25, 0.3) is 0 Å². The molecular weight excluding hydrogens is 184 g/mol. The van der Waals surface area contributed by atoms with Crippen molar-refractivity contribution in [2.24, 2.45) is 28.0 Å². The molecule has 2 bridgehead atoms. The molecule has 5 unspecified atom stereocenters. The molecule has 1 fully saturated rings. The van der Waals surface area contributed by atoms with Gasteiger partial charge < -0.3 is 0 Å². The molecule has 1 saturated carbocycles. The maximum absolute atomic E-state index is 6.34. The first-order valence-electron chi connectivity index (χ1n) is 4.86. The zero-order valence-electron chi connectivity index (χ0n) is 7.81. The van der Waals surface area contributed by atoms with Crippen molar-refractivity contribution >= 4 is 11.6 Å². The van der Waals surface area contributed by atoms with E-state index in [1.807, 2.05) is 0 Å². The molecule has 0 N–H and O–H groups in total. The van der Waals surface area contributed by atoms with Crippen LogP contribution in [0.3, 0.4) is 0 Å². The SMILES string of the molecule is CC1(C)N=NC2C3C=CC(C3Cl)C21. The Kier molecular flexibility index (Phi) is 1.33. The minimum Gasteiger partial charge on any atom is -0.189 e. The summed E-state index contributed by atoms with van der Waals surface area (Å²) >= 11 is 6.34. The van der Waals surface area contributed by atoms with Gasteiger partial charge >= 0.3 is 0 Å². The summed E-state index contributed by atoms with van der Waals surface area (Å²) in [5, 5.41) is 9.00. The van der Waals surface area contributed by atoms with Gasteiger partial charge in [-0.3, -0.25) is 0 Å². The van der Waals surface area contributed by atoms with Crippen LogP contribution in [0.5, 0.6) is 0 Å². The molecule has 1 heterocycles. The number of allylic oxidation sites excluding steroid dienone is 1. The van der Waals surface area contributed by atoms with Crippen LogP contribution in [0, 0.1) is 17.8 Å². The highest BCUT2D eigenvalue weighted by Crippen LogP contribution is 2.55. The van der Waals surface area contributed by atoms with E-state index in [0.717, 1.165) is 0 Å². The van der Waals surface area contributed by atoms with Crippen molar-refractivity contribution in [3.8, 4) is 0 Å². The summed E-state index contributed by atoms with van der Waals surface area (Å²) in [5.41, 5.74) is 0.00197. The van der Waals surface area contributed by atoms with Gasteiger partial charge in [0.1, 0.15) is 0 Å². The van der Waals surface area contributed by atoms with Gasteiger partial charge in [0.15, 0.2) is 0 Å². The molecule has 1 aliphatic heterocycles. The van der Waals surface area contributed by atoms with Crippen LogP contribution < -0.4 is 0 Å². The number of rotatable bonds is 0. The number of hydrogen-bond donors (Lipinski definition) is 0. The summed E-state index contributed by atoms with van der Waals surface area (Å²) in [6.07, 6.45) is 4.49. The van der Waals surface area contributed by atoms with Gasteiger partial charge in [-0.25, -0.2) is 0 Å². The lowest BCUT2D eigenvalue weighted by molar-refractivity contribution is 0.299. The molecular formula is C10H13ClN2. The summed E-state index contributed by atoms with van der Waals surface area (Å²) in [7, 11) is 0. The van der Waals surface area contributed by atoms with Gasteiger partial charge in [0.05, 0.1) is 11.6 Å². The molecule has 3 heteroatoms. The van der Waals surface area contributed by atoms with E-state index in [-0.39, 0.29) is 10.9 Å². The van der Waals surface area contributed by atoms with Gasteiger partial charge in [0, 0.05) is 23.1 Å². The Morgan fingerprint density at radius 1 is 1.23 bits per heavy atom. The quantitative estimate of drug-likeness (QED) is 0.421. The lowest BCUT2D eigenvalue weighted by Gasteiger charge is -2.27. The molecule has 70 valence electrons. The third-order valence-electron chi connectivity index (χ3n) is 3.73. The molecule has 2 aliphatic carbocycles. The third kappa shape index (κ3) is 0.804. The van der Waals surface area contributed by atoms with E-state index in [2.05, 4.69) is 36.2 Å².